The van der Waals surface area contributed by atoms with Crippen molar-refractivity contribution in [2.24, 2.45) is 17.3 Å². The molecule has 156 valence electrons. The fourth-order valence-electron chi connectivity index (χ4n) is 6.43. The van der Waals surface area contributed by atoms with Crippen LogP contribution < -0.4 is 4.90 Å². The molecule has 4 nitrogen and oxygen atoms in total. The van der Waals surface area contributed by atoms with E-state index in [2.05, 4.69) is 54.0 Å². The number of allylic oxidation sites excluding steroid dienone is 2. The SMILES string of the molecule is CC1=C2C[C@@H]3[C@H](CN4CCN(c5ccccc5)CC4)C(=O)O[C@@H]3C[C@@]2(C)CCC1. The maximum Gasteiger partial charge on any atom is 0.310 e. The fourth-order valence-corrected chi connectivity index (χ4v) is 6.43. The Bertz CT molecular complexity index is 796. The van der Waals surface area contributed by atoms with Crippen molar-refractivity contribution in [3.63, 3.8) is 0 Å². The Hall–Kier alpha value is -1.81. The number of nitrogens with zero attached hydrogens (tertiary/aromatic N) is 2. The number of piperazine rings is 1. The number of anilines is 1. The lowest BCUT2D eigenvalue weighted by atomic mass is 9.59. The molecule has 0 spiro atoms. The molecule has 2 saturated heterocycles. The molecule has 0 bridgehead atoms. The highest BCUT2D eigenvalue weighted by atomic mass is 16.6. The van der Waals surface area contributed by atoms with Gasteiger partial charge in [0.1, 0.15) is 6.10 Å². The molecule has 0 radical (unpaired) electrons. The van der Waals surface area contributed by atoms with Crippen molar-refractivity contribution in [3.8, 4) is 0 Å². The summed E-state index contributed by atoms with van der Waals surface area (Å²) in [6.45, 7) is 9.70. The van der Waals surface area contributed by atoms with E-state index < -0.39 is 0 Å². The van der Waals surface area contributed by atoms with Gasteiger partial charge < -0.3 is 9.64 Å². The van der Waals surface area contributed by atoms with Crippen LogP contribution in [-0.2, 0) is 9.53 Å². The van der Waals surface area contributed by atoms with Gasteiger partial charge in [0.25, 0.3) is 0 Å². The molecule has 29 heavy (non-hydrogen) atoms. The van der Waals surface area contributed by atoms with Crippen LogP contribution in [0.1, 0.15) is 46.0 Å². The summed E-state index contributed by atoms with van der Waals surface area (Å²) in [4.78, 5) is 17.8. The lowest BCUT2D eigenvalue weighted by Crippen LogP contribution is -2.49. The van der Waals surface area contributed by atoms with E-state index in [9.17, 15) is 4.79 Å². The first-order valence-corrected chi connectivity index (χ1v) is 11.5. The van der Waals surface area contributed by atoms with Gasteiger partial charge in [-0.05, 0) is 56.6 Å². The number of carbonyl (C=O) groups is 1. The number of hydrogen-bond donors (Lipinski definition) is 0. The van der Waals surface area contributed by atoms with E-state index >= 15 is 0 Å². The largest absolute Gasteiger partial charge is 0.462 e. The van der Waals surface area contributed by atoms with Gasteiger partial charge in [0.2, 0.25) is 0 Å². The van der Waals surface area contributed by atoms with E-state index in [1.54, 1.807) is 11.1 Å². The molecule has 4 aliphatic rings. The molecular weight excluding hydrogens is 360 g/mol. The first-order valence-electron chi connectivity index (χ1n) is 11.5. The molecule has 3 fully saturated rings. The first-order chi connectivity index (χ1) is 14.0. The van der Waals surface area contributed by atoms with Gasteiger partial charge in [-0.1, -0.05) is 36.3 Å². The Morgan fingerprint density at radius 2 is 1.90 bits per heavy atom. The summed E-state index contributed by atoms with van der Waals surface area (Å²) in [6.07, 6.45) is 6.03. The molecule has 0 unspecified atom stereocenters. The Labute approximate surface area is 174 Å². The summed E-state index contributed by atoms with van der Waals surface area (Å²) in [5.41, 5.74) is 4.81. The van der Waals surface area contributed by atoms with Crippen LogP contribution in [-0.4, -0.2) is 49.7 Å². The van der Waals surface area contributed by atoms with Gasteiger partial charge in [0.05, 0.1) is 5.92 Å². The van der Waals surface area contributed by atoms with E-state index in [1.165, 1.54) is 24.9 Å². The Morgan fingerprint density at radius 3 is 2.66 bits per heavy atom. The predicted molar refractivity (Wildman–Crippen MR) is 116 cm³/mol. The van der Waals surface area contributed by atoms with E-state index in [4.69, 9.17) is 4.74 Å². The molecule has 0 N–H and O–H groups in total. The maximum atomic E-state index is 12.8. The first kappa shape index (κ1) is 19.2. The zero-order valence-electron chi connectivity index (χ0n) is 17.9. The van der Waals surface area contributed by atoms with Crippen LogP contribution in [0.15, 0.2) is 41.5 Å². The van der Waals surface area contributed by atoms with Gasteiger partial charge in [-0.15, -0.1) is 0 Å². The number of ether oxygens (including phenoxy) is 1. The summed E-state index contributed by atoms with van der Waals surface area (Å²) < 4.78 is 5.96. The lowest BCUT2D eigenvalue weighted by Gasteiger charge is -2.46. The number of esters is 1. The maximum absolute atomic E-state index is 12.8. The normalized spacial score (nSPS) is 35.3. The number of fused-ring (bicyclic) bond motifs is 2. The lowest BCUT2D eigenvalue weighted by molar-refractivity contribution is -0.145. The summed E-state index contributed by atoms with van der Waals surface area (Å²) >= 11 is 0. The molecule has 4 heteroatoms. The third kappa shape index (κ3) is 3.50. The van der Waals surface area contributed by atoms with Crippen LogP contribution in [0.5, 0.6) is 0 Å². The highest BCUT2D eigenvalue weighted by Crippen LogP contribution is 2.55. The minimum Gasteiger partial charge on any atom is -0.462 e. The van der Waals surface area contributed by atoms with Crippen LogP contribution in [0.4, 0.5) is 5.69 Å². The van der Waals surface area contributed by atoms with E-state index in [-0.39, 0.29) is 23.4 Å². The van der Waals surface area contributed by atoms with Gasteiger partial charge >= 0.3 is 5.97 Å². The highest BCUT2D eigenvalue weighted by molar-refractivity contribution is 5.76. The van der Waals surface area contributed by atoms with Crippen LogP contribution in [0.2, 0.25) is 0 Å². The van der Waals surface area contributed by atoms with Crippen molar-refractivity contribution in [3.05, 3.63) is 41.5 Å². The topological polar surface area (TPSA) is 32.8 Å². The van der Waals surface area contributed by atoms with Gasteiger partial charge in [0, 0.05) is 44.3 Å². The molecule has 1 saturated carbocycles. The van der Waals surface area contributed by atoms with Gasteiger partial charge in [-0.25, -0.2) is 0 Å². The second kappa shape index (κ2) is 7.46. The quantitative estimate of drug-likeness (QED) is 0.566. The van der Waals surface area contributed by atoms with E-state index in [1.807, 2.05) is 0 Å². The average molecular weight is 395 g/mol. The van der Waals surface area contributed by atoms with Crippen LogP contribution >= 0.6 is 0 Å². The molecule has 2 aliphatic heterocycles. The number of rotatable bonds is 3. The van der Waals surface area contributed by atoms with Crippen molar-refractivity contribution >= 4 is 11.7 Å². The van der Waals surface area contributed by atoms with Crippen molar-refractivity contribution in [2.45, 2.75) is 52.1 Å². The summed E-state index contributed by atoms with van der Waals surface area (Å²) in [7, 11) is 0. The second-order valence-corrected chi connectivity index (χ2v) is 9.95. The molecule has 0 aromatic heterocycles. The molecule has 0 amide bonds. The third-order valence-electron chi connectivity index (χ3n) is 8.13. The third-order valence-corrected chi connectivity index (χ3v) is 8.13. The summed E-state index contributed by atoms with van der Waals surface area (Å²) in [5.74, 6) is 0.492. The monoisotopic (exact) mass is 394 g/mol. The minimum absolute atomic E-state index is 0.0510. The predicted octanol–water partition coefficient (Wildman–Crippen LogP) is 4.27. The standard InChI is InChI=1S/C25H34N2O2/c1-18-7-6-10-25(2)16-23-20(15-22(18)25)21(24(28)29-23)17-26-11-13-27(14-12-26)19-8-4-3-5-9-19/h3-5,8-9,20-21,23H,6-7,10-17H2,1-2H3/t20-,21+,23-,25-/m1/s1. The Morgan fingerprint density at radius 1 is 1.14 bits per heavy atom. The van der Waals surface area contributed by atoms with Crippen molar-refractivity contribution in [1.29, 1.82) is 0 Å². The molecule has 1 aromatic rings. The number of hydrogen-bond acceptors (Lipinski definition) is 4. The van der Waals surface area contributed by atoms with Crippen molar-refractivity contribution in [1.82, 2.24) is 4.90 Å². The molecule has 2 heterocycles. The Kier molecular flexibility index (Phi) is 4.93. The van der Waals surface area contributed by atoms with Crippen LogP contribution in [0.3, 0.4) is 0 Å². The molecule has 1 aromatic carbocycles. The van der Waals surface area contributed by atoms with Crippen molar-refractivity contribution in [2.75, 3.05) is 37.6 Å². The smallest absolute Gasteiger partial charge is 0.310 e. The molecule has 4 atom stereocenters. The second-order valence-electron chi connectivity index (χ2n) is 9.95. The number of carbonyl (C=O) groups excluding carboxylic acids is 1. The number of benzene rings is 1. The fraction of sp³-hybridized carbons (Fsp3) is 0.640. The molecular formula is C25H34N2O2. The summed E-state index contributed by atoms with van der Waals surface area (Å²) in [5, 5.41) is 0. The Balaban J connectivity index is 1.25. The summed E-state index contributed by atoms with van der Waals surface area (Å²) in [6, 6.07) is 10.7. The van der Waals surface area contributed by atoms with Gasteiger partial charge in [-0.3, -0.25) is 9.69 Å². The van der Waals surface area contributed by atoms with Crippen LogP contribution in [0, 0.1) is 17.3 Å². The molecule has 2 aliphatic carbocycles. The van der Waals surface area contributed by atoms with Crippen LogP contribution in [0.25, 0.3) is 0 Å². The minimum atomic E-state index is 0.0510. The van der Waals surface area contributed by atoms with Gasteiger partial charge in [-0.2, -0.15) is 0 Å². The van der Waals surface area contributed by atoms with Crippen molar-refractivity contribution < 1.29 is 9.53 Å². The highest BCUT2D eigenvalue weighted by Gasteiger charge is 2.53. The van der Waals surface area contributed by atoms with E-state index in [0.717, 1.165) is 45.6 Å². The molecule has 5 rings (SSSR count). The van der Waals surface area contributed by atoms with E-state index in [0.29, 0.717) is 5.92 Å². The average Bonchev–Trinajstić information content (AvgIpc) is 3.01. The van der Waals surface area contributed by atoms with Gasteiger partial charge in [0.15, 0.2) is 0 Å². The zero-order chi connectivity index (χ0) is 20.0. The zero-order valence-corrected chi connectivity index (χ0v) is 17.9. The number of para-hydroxylation sites is 1.